The molecule has 0 aromatic rings. The largest absolute Gasteiger partial charge is 0.0847 e. The Labute approximate surface area is 51.9 Å². The van der Waals surface area contributed by atoms with Crippen LogP contribution in [-0.2, 0) is 0 Å². The molecule has 0 spiro atoms. The van der Waals surface area contributed by atoms with Crippen LogP contribution in [0.5, 0.6) is 0 Å². The normalized spacial score (nSPS) is 11.2. The van der Waals surface area contributed by atoms with Crippen LogP contribution < -0.4 is 0 Å². The van der Waals surface area contributed by atoms with Crippen LogP contribution in [0, 0.1) is 0 Å². The Morgan fingerprint density at radius 3 is 1.75 bits per heavy atom. The minimum Gasteiger partial charge on any atom is -0.0847 e. The number of hydrogen-bond donors (Lipinski definition) is 0. The highest BCUT2D eigenvalue weighted by atomic mass is 13.8. The zero-order chi connectivity index (χ0) is 6.57. The van der Waals surface area contributed by atoms with E-state index in [1.54, 1.807) is 0 Å². The second-order valence-corrected chi connectivity index (χ2v) is 2.25. The van der Waals surface area contributed by atoms with Crippen LogP contribution in [0.1, 0.15) is 27.7 Å². The first-order valence-corrected chi connectivity index (χ1v) is 2.94. The van der Waals surface area contributed by atoms with Crippen LogP contribution in [0.4, 0.5) is 0 Å². The van der Waals surface area contributed by atoms with Crippen LogP contribution in [-0.4, -0.2) is 0 Å². The van der Waals surface area contributed by atoms with Gasteiger partial charge in [0.2, 0.25) is 0 Å². The summed E-state index contributed by atoms with van der Waals surface area (Å²) >= 11 is 0. The van der Waals surface area contributed by atoms with E-state index in [0.29, 0.717) is 0 Å². The van der Waals surface area contributed by atoms with Crippen molar-refractivity contribution in [1.82, 2.24) is 0 Å². The summed E-state index contributed by atoms with van der Waals surface area (Å²) in [5, 5.41) is 0. The van der Waals surface area contributed by atoms with Crippen molar-refractivity contribution < 1.29 is 0 Å². The maximum absolute atomic E-state index is 2.17. The molecular formula is C8H14. The van der Waals surface area contributed by atoms with E-state index < -0.39 is 0 Å². The van der Waals surface area contributed by atoms with Crippen LogP contribution in [0.25, 0.3) is 0 Å². The molecule has 46 valence electrons. The third kappa shape index (κ3) is 3.66. The average molecular weight is 110 g/mol. The first-order chi connectivity index (χ1) is 3.66. The molecule has 0 saturated carbocycles. The van der Waals surface area contributed by atoms with Gasteiger partial charge in [-0.3, -0.25) is 0 Å². The highest BCUT2D eigenvalue weighted by Gasteiger charge is 1.77. The zero-order valence-electron chi connectivity index (χ0n) is 6.15. The van der Waals surface area contributed by atoms with Crippen molar-refractivity contribution in [3.8, 4) is 0 Å². The van der Waals surface area contributed by atoms with Crippen molar-refractivity contribution in [2.45, 2.75) is 27.7 Å². The first-order valence-electron chi connectivity index (χ1n) is 2.94. The molecule has 0 N–H and O–H groups in total. The SMILES string of the molecule is C/C=C(\C)C=C(C)C. The molecule has 0 nitrogen and oxygen atoms in total. The van der Waals surface area contributed by atoms with Gasteiger partial charge in [0.05, 0.1) is 0 Å². The third-order valence-corrected chi connectivity index (χ3v) is 0.972. The van der Waals surface area contributed by atoms with Crippen molar-refractivity contribution in [1.29, 1.82) is 0 Å². The van der Waals surface area contributed by atoms with Gasteiger partial charge < -0.3 is 0 Å². The predicted octanol–water partition coefficient (Wildman–Crippen LogP) is 2.92. The zero-order valence-corrected chi connectivity index (χ0v) is 6.15. The summed E-state index contributed by atoms with van der Waals surface area (Å²) in [6, 6.07) is 0. The molecule has 0 saturated heterocycles. The van der Waals surface area contributed by atoms with E-state index in [2.05, 4.69) is 39.8 Å². The van der Waals surface area contributed by atoms with E-state index >= 15 is 0 Å². The molecule has 0 heteroatoms. The molecule has 0 rings (SSSR count). The topological polar surface area (TPSA) is 0 Å². The van der Waals surface area contributed by atoms with E-state index in [1.807, 2.05) is 0 Å². The van der Waals surface area contributed by atoms with Gasteiger partial charge in [0.1, 0.15) is 0 Å². The lowest BCUT2D eigenvalue weighted by molar-refractivity contribution is 1.34. The molecule has 0 fully saturated rings. The van der Waals surface area contributed by atoms with Crippen molar-refractivity contribution in [3.63, 3.8) is 0 Å². The summed E-state index contributed by atoms with van der Waals surface area (Å²) < 4.78 is 0. The van der Waals surface area contributed by atoms with Crippen LogP contribution in [0.15, 0.2) is 23.3 Å². The molecule has 0 radical (unpaired) electrons. The molecular weight excluding hydrogens is 96.1 g/mol. The minimum atomic E-state index is 1.34. The second kappa shape index (κ2) is 3.48. The van der Waals surface area contributed by atoms with Crippen LogP contribution >= 0.6 is 0 Å². The molecule has 0 aliphatic carbocycles. The van der Waals surface area contributed by atoms with Gasteiger partial charge in [-0.15, -0.1) is 0 Å². The van der Waals surface area contributed by atoms with Crippen molar-refractivity contribution in [2.75, 3.05) is 0 Å². The van der Waals surface area contributed by atoms with E-state index in [9.17, 15) is 0 Å². The summed E-state index contributed by atoms with van der Waals surface area (Å²) in [7, 11) is 0. The Kier molecular flexibility index (Phi) is 3.25. The quantitative estimate of drug-likeness (QED) is 0.455. The van der Waals surface area contributed by atoms with Gasteiger partial charge in [0.25, 0.3) is 0 Å². The summed E-state index contributed by atoms with van der Waals surface area (Å²) in [4.78, 5) is 0. The lowest BCUT2D eigenvalue weighted by Gasteiger charge is -1.88. The molecule has 0 aliphatic heterocycles. The predicted molar refractivity (Wildman–Crippen MR) is 38.9 cm³/mol. The Hall–Kier alpha value is -0.520. The molecule has 0 atom stereocenters. The number of rotatable bonds is 1. The van der Waals surface area contributed by atoms with Gasteiger partial charge in [-0.2, -0.15) is 0 Å². The van der Waals surface area contributed by atoms with E-state index in [4.69, 9.17) is 0 Å². The Bertz CT molecular complexity index is 112. The molecule has 0 unspecified atom stereocenters. The fraction of sp³-hybridized carbons (Fsp3) is 0.500. The van der Waals surface area contributed by atoms with Gasteiger partial charge in [-0.25, -0.2) is 0 Å². The summed E-state index contributed by atoms with van der Waals surface area (Å²) in [5.74, 6) is 0. The fourth-order valence-electron chi connectivity index (χ4n) is 0.539. The fourth-order valence-corrected chi connectivity index (χ4v) is 0.539. The highest BCUT2D eigenvalue weighted by Crippen LogP contribution is 1.98. The van der Waals surface area contributed by atoms with Gasteiger partial charge in [0, 0.05) is 0 Å². The maximum Gasteiger partial charge on any atom is -0.0401 e. The summed E-state index contributed by atoms with van der Waals surface area (Å²) in [5.41, 5.74) is 2.70. The van der Waals surface area contributed by atoms with Crippen LogP contribution in [0.3, 0.4) is 0 Å². The van der Waals surface area contributed by atoms with Crippen molar-refractivity contribution in [2.24, 2.45) is 0 Å². The van der Waals surface area contributed by atoms with E-state index in [1.165, 1.54) is 11.1 Å². The lowest BCUT2D eigenvalue weighted by Crippen LogP contribution is -1.67. The second-order valence-electron chi connectivity index (χ2n) is 2.25. The Morgan fingerprint density at radius 1 is 1.12 bits per heavy atom. The van der Waals surface area contributed by atoms with Gasteiger partial charge in [0.15, 0.2) is 0 Å². The molecule has 0 heterocycles. The standard InChI is InChI=1S/C8H14/c1-5-8(4)6-7(2)3/h5-6H,1-4H3/b8-5+. The van der Waals surface area contributed by atoms with E-state index in [-0.39, 0.29) is 0 Å². The maximum atomic E-state index is 2.17. The molecule has 0 aromatic heterocycles. The molecule has 0 aliphatic rings. The molecule has 0 aromatic carbocycles. The van der Waals surface area contributed by atoms with Crippen molar-refractivity contribution >= 4 is 0 Å². The first kappa shape index (κ1) is 7.48. The Balaban J connectivity index is 3.89. The smallest absolute Gasteiger partial charge is 0.0401 e. The van der Waals surface area contributed by atoms with Crippen molar-refractivity contribution in [3.05, 3.63) is 23.3 Å². The summed E-state index contributed by atoms with van der Waals surface area (Å²) in [6.45, 7) is 8.36. The Morgan fingerprint density at radius 2 is 1.62 bits per heavy atom. The van der Waals surface area contributed by atoms with Crippen LogP contribution in [0.2, 0.25) is 0 Å². The third-order valence-electron chi connectivity index (χ3n) is 0.972. The monoisotopic (exact) mass is 110 g/mol. The summed E-state index contributed by atoms with van der Waals surface area (Å²) in [6.07, 6.45) is 4.27. The van der Waals surface area contributed by atoms with Gasteiger partial charge in [-0.05, 0) is 27.7 Å². The number of hydrogen-bond acceptors (Lipinski definition) is 0. The average Bonchev–Trinajstić information content (AvgIpc) is 1.65. The van der Waals surface area contributed by atoms with E-state index in [0.717, 1.165) is 0 Å². The van der Waals surface area contributed by atoms with Gasteiger partial charge >= 0.3 is 0 Å². The molecule has 0 amide bonds. The lowest BCUT2D eigenvalue weighted by atomic mass is 10.2. The van der Waals surface area contributed by atoms with Gasteiger partial charge in [-0.1, -0.05) is 23.3 Å². The minimum absolute atomic E-state index is 1.34. The highest BCUT2D eigenvalue weighted by molar-refractivity contribution is 5.18. The molecule has 8 heavy (non-hydrogen) atoms. The molecule has 0 bridgehead atoms. The number of allylic oxidation sites excluding steroid dienone is 4.